The number of nitrogens with zero attached hydrogens (tertiary/aromatic N) is 3. The van der Waals surface area contributed by atoms with Gasteiger partial charge < -0.3 is 11.7 Å². The van der Waals surface area contributed by atoms with Gasteiger partial charge in [-0.15, -0.1) is 0 Å². The van der Waals surface area contributed by atoms with Gasteiger partial charge in [-0.25, -0.2) is 19.0 Å². The zero-order valence-corrected chi connectivity index (χ0v) is 6.22. The standard InChI is InChI=1S/C4H7N5O3/c1-7-2(10)8(5)4(12)9(6)3(7)11/h5-6H2,1H3. The smallest absolute Gasteiger partial charge is 0.331 e. The molecule has 0 saturated carbocycles. The summed E-state index contributed by atoms with van der Waals surface area (Å²) >= 11 is 0. The van der Waals surface area contributed by atoms with Crippen molar-refractivity contribution in [2.45, 2.75) is 0 Å². The molecule has 0 aliphatic heterocycles. The first-order valence-electron chi connectivity index (χ1n) is 2.92. The second-order valence-electron chi connectivity index (χ2n) is 2.15. The first kappa shape index (κ1) is 8.11. The van der Waals surface area contributed by atoms with Crippen LogP contribution in [-0.4, -0.2) is 13.9 Å². The van der Waals surface area contributed by atoms with Crippen molar-refractivity contribution in [3.63, 3.8) is 0 Å². The molecule has 1 aromatic rings. The summed E-state index contributed by atoms with van der Waals surface area (Å²) < 4.78 is 1.13. The normalized spacial score (nSPS) is 10.1. The topological polar surface area (TPSA) is 118 Å². The minimum Gasteiger partial charge on any atom is -0.331 e. The van der Waals surface area contributed by atoms with Gasteiger partial charge in [0.2, 0.25) is 0 Å². The highest BCUT2D eigenvalue weighted by atomic mass is 16.2. The van der Waals surface area contributed by atoms with Gasteiger partial charge in [0.05, 0.1) is 0 Å². The summed E-state index contributed by atoms with van der Waals surface area (Å²) in [5.41, 5.74) is -2.87. The molecular weight excluding hydrogens is 166 g/mol. The van der Waals surface area contributed by atoms with Crippen LogP contribution in [0.2, 0.25) is 0 Å². The number of nitrogen functional groups attached to an aromatic ring is 2. The van der Waals surface area contributed by atoms with Crippen LogP contribution in [0.25, 0.3) is 0 Å². The second-order valence-corrected chi connectivity index (χ2v) is 2.15. The number of aromatic nitrogens is 3. The van der Waals surface area contributed by atoms with Crippen LogP contribution in [0.1, 0.15) is 0 Å². The molecule has 0 unspecified atom stereocenters. The molecule has 0 saturated heterocycles. The lowest BCUT2D eigenvalue weighted by molar-refractivity contribution is 0.587. The summed E-state index contributed by atoms with van der Waals surface area (Å²) in [4.78, 5) is 32.6. The fourth-order valence-corrected chi connectivity index (χ4v) is 0.685. The lowest BCUT2D eigenvalue weighted by atomic mass is 10.9. The largest absolute Gasteiger partial charge is 0.373 e. The van der Waals surface area contributed by atoms with Gasteiger partial charge in [-0.05, 0) is 0 Å². The summed E-state index contributed by atoms with van der Waals surface area (Å²) in [5.74, 6) is 9.97. The van der Waals surface area contributed by atoms with Crippen LogP contribution >= 0.6 is 0 Å². The molecular formula is C4H7N5O3. The lowest BCUT2D eigenvalue weighted by Gasteiger charge is -2.02. The summed E-state index contributed by atoms with van der Waals surface area (Å²) in [6, 6.07) is 0. The molecule has 4 N–H and O–H groups in total. The van der Waals surface area contributed by atoms with Crippen molar-refractivity contribution >= 4 is 0 Å². The molecule has 0 aromatic carbocycles. The molecule has 0 amide bonds. The highest BCUT2D eigenvalue weighted by Crippen LogP contribution is 1.52. The van der Waals surface area contributed by atoms with E-state index < -0.39 is 17.1 Å². The van der Waals surface area contributed by atoms with Gasteiger partial charge in [-0.2, -0.15) is 9.35 Å². The highest BCUT2D eigenvalue weighted by Gasteiger charge is 2.06. The van der Waals surface area contributed by atoms with Crippen molar-refractivity contribution in [3.8, 4) is 0 Å². The fourth-order valence-electron chi connectivity index (χ4n) is 0.685. The molecule has 0 spiro atoms. The second kappa shape index (κ2) is 2.26. The van der Waals surface area contributed by atoms with Crippen molar-refractivity contribution in [3.05, 3.63) is 31.5 Å². The van der Waals surface area contributed by atoms with Crippen molar-refractivity contribution in [1.82, 2.24) is 13.9 Å². The van der Waals surface area contributed by atoms with E-state index in [1.807, 2.05) is 0 Å². The van der Waals surface area contributed by atoms with Crippen LogP contribution in [0.4, 0.5) is 0 Å². The van der Waals surface area contributed by atoms with Crippen LogP contribution in [0.5, 0.6) is 0 Å². The first-order valence-corrected chi connectivity index (χ1v) is 2.92. The molecule has 8 heteroatoms. The van der Waals surface area contributed by atoms with Gasteiger partial charge in [-0.1, -0.05) is 0 Å². The summed E-state index contributed by atoms with van der Waals surface area (Å²) in [5, 5.41) is 0. The van der Waals surface area contributed by atoms with Crippen molar-refractivity contribution in [2.24, 2.45) is 7.05 Å². The predicted octanol–water partition coefficient (Wildman–Crippen LogP) is -3.86. The zero-order chi connectivity index (χ0) is 9.46. The van der Waals surface area contributed by atoms with E-state index in [1.54, 1.807) is 0 Å². The van der Waals surface area contributed by atoms with Gasteiger partial charge in [0.25, 0.3) is 0 Å². The van der Waals surface area contributed by atoms with Crippen LogP contribution in [-0.2, 0) is 7.05 Å². The van der Waals surface area contributed by atoms with E-state index in [0.717, 1.165) is 7.05 Å². The van der Waals surface area contributed by atoms with E-state index in [-0.39, 0.29) is 9.35 Å². The summed E-state index contributed by atoms with van der Waals surface area (Å²) in [6.07, 6.45) is 0. The molecule has 0 fully saturated rings. The molecule has 0 atom stereocenters. The lowest BCUT2D eigenvalue weighted by Crippen LogP contribution is -2.58. The van der Waals surface area contributed by atoms with Gasteiger partial charge >= 0.3 is 17.1 Å². The fraction of sp³-hybridized carbons (Fsp3) is 0.250. The van der Waals surface area contributed by atoms with E-state index in [2.05, 4.69) is 0 Å². The van der Waals surface area contributed by atoms with Crippen molar-refractivity contribution in [2.75, 3.05) is 11.7 Å². The van der Waals surface area contributed by atoms with E-state index in [0.29, 0.717) is 4.57 Å². The third-order valence-electron chi connectivity index (χ3n) is 1.40. The molecule has 0 radical (unpaired) electrons. The maximum absolute atomic E-state index is 10.9. The minimum atomic E-state index is -1.05. The Balaban J connectivity index is 4.00. The molecule has 8 nitrogen and oxygen atoms in total. The number of nitrogens with two attached hydrogens (primary N) is 2. The summed E-state index contributed by atoms with van der Waals surface area (Å²) in [7, 11) is 1.16. The average molecular weight is 173 g/mol. The van der Waals surface area contributed by atoms with E-state index in [4.69, 9.17) is 11.7 Å². The van der Waals surface area contributed by atoms with Crippen LogP contribution in [0, 0.1) is 0 Å². The van der Waals surface area contributed by atoms with Crippen LogP contribution in [0.3, 0.4) is 0 Å². The van der Waals surface area contributed by atoms with Gasteiger partial charge in [-0.3, -0.25) is 0 Å². The molecule has 0 aliphatic rings. The monoisotopic (exact) mass is 173 g/mol. The molecule has 12 heavy (non-hydrogen) atoms. The first-order chi connectivity index (χ1) is 5.46. The molecule has 0 aliphatic carbocycles. The van der Waals surface area contributed by atoms with Gasteiger partial charge in [0.15, 0.2) is 0 Å². The third-order valence-corrected chi connectivity index (χ3v) is 1.40. The quantitative estimate of drug-likeness (QED) is 0.389. The maximum Gasteiger partial charge on any atom is 0.373 e. The number of hydrogen-bond donors (Lipinski definition) is 2. The Hall–Kier alpha value is -1.99. The predicted molar refractivity (Wildman–Crippen MR) is 40.5 cm³/mol. The van der Waals surface area contributed by atoms with Gasteiger partial charge in [0, 0.05) is 7.05 Å². The third kappa shape index (κ3) is 0.813. The Morgan fingerprint density at radius 1 is 0.917 bits per heavy atom. The van der Waals surface area contributed by atoms with Crippen molar-refractivity contribution in [1.29, 1.82) is 0 Å². The highest BCUT2D eigenvalue weighted by molar-refractivity contribution is 4.75. The molecule has 66 valence electrons. The van der Waals surface area contributed by atoms with Crippen LogP contribution < -0.4 is 28.8 Å². The maximum atomic E-state index is 10.9. The minimum absolute atomic E-state index is 0.251. The molecule has 1 rings (SSSR count). The van der Waals surface area contributed by atoms with E-state index in [9.17, 15) is 14.4 Å². The number of hydrogen-bond acceptors (Lipinski definition) is 5. The van der Waals surface area contributed by atoms with E-state index >= 15 is 0 Å². The Labute approximate surface area is 65.2 Å². The molecule has 1 aromatic heterocycles. The van der Waals surface area contributed by atoms with E-state index in [1.165, 1.54) is 0 Å². The molecule has 1 heterocycles. The SMILES string of the molecule is Cn1c(=O)n(N)c(=O)n(N)c1=O. The van der Waals surface area contributed by atoms with Crippen molar-refractivity contribution < 1.29 is 0 Å². The van der Waals surface area contributed by atoms with Crippen LogP contribution in [0.15, 0.2) is 14.4 Å². The Kier molecular flexibility index (Phi) is 1.52. The van der Waals surface area contributed by atoms with Gasteiger partial charge in [0.1, 0.15) is 0 Å². The average Bonchev–Trinajstić information content (AvgIpc) is 2.08. The Bertz CT molecular complexity index is 375. The Morgan fingerprint density at radius 2 is 1.25 bits per heavy atom. The Morgan fingerprint density at radius 3 is 1.58 bits per heavy atom. The summed E-state index contributed by atoms with van der Waals surface area (Å²) in [6.45, 7) is 0. The zero-order valence-electron chi connectivity index (χ0n) is 6.22. The number of rotatable bonds is 0. The molecule has 0 bridgehead atoms.